The standard InChI is InChI=1S/C48H52FN7O5/c1-6-30-17-18-50-24-39(30)60-46-52-43-35(45(53-46)54-25-33-20-32(54)26-55(33)47(57)61-48(3,4)5)21-34(31-15-16-31)42(44(43)59-27-29-12-8-7-9-13-29)41-28(2)37(49)22-38-36(41)23-51-56(38)40-14-10-11-19-58-40/h7-9,12-13,17-18,21-24,31-33,40H,6,10-11,14-16,19-20,25-27H2,1-5H3/t32-,33-,40?/m0/s1. The highest BCUT2D eigenvalue weighted by molar-refractivity contribution is 6.06. The van der Waals surface area contributed by atoms with Gasteiger partial charge in [-0.25, -0.2) is 13.9 Å². The molecule has 2 bridgehead atoms. The second-order valence-corrected chi connectivity index (χ2v) is 17.9. The van der Waals surface area contributed by atoms with Crippen molar-refractivity contribution in [2.45, 2.75) is 116 Å². The molecule has 3 atom stereocenters. The molecule has 316 valence electrons. The Balaban J connectivity index is 1.20. The Bertz CT molecular complexity index is 2640. The topological polar surface area (TPSA) is 117 Å². The second-order valence-electron chi connectivity index (χ2n) is 17.9. The van der Waals surface area contributed by atoms with Crippen LogP contribution in [0.15, 0.2) is 67.1 Å². The van der Waals surface area contributed by atoms with Crippen LogP contribution in [0.4, 0.5) is 15.0 Å². The zero-order valence-electron chi connectivity index (χ0n) is 35.5. The van der Waals surface area contributed by atoms with Gasteiger partial charge in [-0.15, -0.1) is 0 Å². The smallest absolute Gasteiger partial charge is 0.410 e. The van der Waals surface area contributed by atoms with Gasteiger partial charge in [0.05, 0.1) is 30.0 Å². The van der Waals surface area contributed by atoms with Gasteiger partial charge in [0.2, 0.25) is 0 Å². The largest absolute Gasteiger partial charge is 0.486 e. The summed E-state index contributed by atoms with van der Waals surface area (Å²) in [7, 11) is 0. The van der Waals surface area contributed by atoms with Crippen molar-refractivity contribution in [3.63, 3.8) is 0 Å². The molecule has 3 saturated heterocycles. The maximum absolute atomic E-state index is 16.6. The summed E-state index contributed by atoms with van der Waals surface area (Å²) < 4.78 is 44.1. The number of hydrogen-bond acceptors (Lipinski definition) is 10. The highest BCUT2D eigenvalue weighted by atomic mass is 19.1. The minimum absolute atomic E-state index is 0.0104. The fraction of sp³-hybridized carbons (Fsp3) is 0.438. The molecule has 13 heteroatoms. The molecule has 4 fully saturated rings. The van der Waals surface area contributed by atoms with E-state index < -0.39 is 5.60 Å². The Morgan fingerprint density at radius 2 is 1.80 bits per heavy atom. The summed E-state index contributed by atoms with van der Waals surface area (Å²) >= 11 is 0. The van der Waals surface area contributed by atoms with E-state index >= 15 is 4.39 Å². The van der Waals surface area contributed by atoms with Crippen LogP contribution in [0.5, 0.6) is 17.5 Å². The highest BCUT2D eigenvalue weighted by Crippen LogP contribution is 2.54. The molecule has 3 aliphatic heterocycles. The predicted molar refractivity (Wildman–Crippen MR) is 231 cm³/mol. The van der Waals surface area contributed by atoms with Crippen LogP contribution in [-0.2, 0) is 22.5 Å². The van der Waals surface area contributed by atoms with Crippen LogP contribution in [0.25, 0.3) is 32.9 Å². The zero-order valence-corrected chi connectivity index (χ0v) is 35.5. The fourth-order valence-electron chi connectivity index (χ4n) is 9.42. The average Bonchev–Trinajstić information content (AvgIpc) is 3.69. The Labute approximate surface area is 355 Å². The van der Waals surface area contributed by atoms with Crippen molar-refractivity contribution < 1.29 is 28.1 Å². The first-order chi connectivity index (χ1) is 29.5. The van der Waals surface area contributed by atoms with Gasteiger partial charge in [0.1, 0.15) is 29.4 Å². The maximum atomic E-state index is 16.6. The molecular weight excluding hydrogens is 774 g/mol. The molecule has 6 heterocycles. The number of hydrogen-bond donors (Lipinski definition) is 0. The Morgan fingerprint density at radius 1 is 0.967 bits per heavy atom. The van der Waals surface area contributed by atoms with E-state index in [4.69, 9.17) is 34.0 Å². The van der Waals surface area contributed by atoms with E-state index in [1.165, 1.54) is 0 Å². The average molecular weight is 826 g/mol. The number of amides is 1. The number of nitrogens with zero attached hydrogens (tertiary/aromatic N) is 7. The Kier molecular flexibility index (Phi) is 10.0. The molecule has 3 aromatic heterocycles. The summed E-state index contributed by atoms with van der Waals surface area (Å²) in [4.78, 5) is 32.3. The third-order valence-corrected chi connectivity index (χ3v) is 12.6. The van der Waals surface area contributed by atoms with Gasteiger partial charge in [0.15, 0.2) is 17.7 Å². The van der Waals surface area contributed by atoms with E-state index in [9.17, 15) is 4.79 Å². The van der Waals surface area contributed by atoms with Gasteiger partial charge in [-0.05, 0) is 113 Å². The molecule has 0 N–H and O–H groups in total. The van der Waals surface area contributed by atoms with Crippen molar-refractivity contribution in [2.75, 3.05) is 24.6 Å². The Morgan fingerprint density at radius 3 is 2.52 bits per heavy atom. The van der Waals surface area contributed by atoms with Crippen molar-refractivity contribution >= 4 is 33.7 Å². The summed E-state index contributed by atoms with van der Waals surface area (Å²) in [5.41, 5.74) is 5.70. The van der Waals surface area contributed by atoms with Gasteiger partial charge in [-0.3, -0.25) is 4.98 Å². The van der Waals surface area contributed by atoms with E-state index in [1.54, 1.807) is 18.5 Å². The van der Waals surface area contributed by atoms with Crippen LogP contribution in [0.3, 0.4) is 0 Å². The summed E-state index contributed by atoms with van der Waals surface area (Å²) in [6.07, 6.45) is 11.0. The second kappa shape index (κ2) is 15.6. The number of piperazine rings is 1. The van der Waals surface area contributed by atoms with Gasteiger partial charge in [-0.2, -0.15) is 15.1 Å². The summed E-state index contributed by atoms with van der Waals surface area (Å²) in [5.74, 6) is 1.71. The van der Waals surface area contributed by atoms with E-state index in [-0.39, 0.29) is 48.8 Å². The lowest BCUT2D eigenvalue weighted by atomic mass is 9.88. The SMILES string of the molecule is CCc1ccncc1Oc1nc(N2C[C@@H]3C[C@H]2CN3C(=O)OC(C)(C)C)c2cc(C3CC3)c(-c3c(C)c(F)cc4c3cnn4C3CCCCO3)c(OCc3ccccc3)c2n1. The van der Waals surface area contributed by atoms with Crippen LogP contribution >= 0.6 is 0 Å². The van der Waals surface area contributed by atoms with E-state index in [0.29, 0.717) is 53.6 Å². The van der Waals surface area contributed by atoms with Gasteiger partial charge < -0.3 is 28.7 Å². The third kappa shape index (κ3) is 7.40. The van der Waals surface area contributed by atoms with Crippen molar-refractivity contribution in [2.24, 2.45) is 0 Å². The molecule has 1 aliphatic carbocycles. The number of rotatable bonds is 10. The van der Waals surface area contributed by atoms with Crippen molar-refractivity contribution in [1.29, 1.82) is 0 Å². The molecule has 0 spiro atoms. The van der Waals surface area contributed by atoms with Gasteiger partial charge >= 0.3 is 12.1 Å². The molecule has 3 aromatic carbocycles. The third-order valence-electron chi connectivity index (χ3n) is 12.6. The van der Waals surface area contributed by atoms with Crippen molar-refractivity contribution in [1.82, 2.24) is 29.6 Å². The zero-order chi connectivity index (χ0) is 42.0. The van der Waals surface area contributed by atoms with Crippen LogP contribution in [0.2, 0.25) is 0 Å². The molecule has 1 saturated carbocycles. The van der Waals surface area contributed by atoms with Crippen LogP contribution in [0.1, 0.15) is 101 Å². The minimum Gasteiger partial charge on any atom is -0.486 e. The molecule has 1 amide bonds. The Hall–Kier alpha value is -5.82. The first kappa shape index (κ1) is 39.3. The molecule has 61 heavy (non-hydrogen) atoms. The van der Waals surface area contributed by atoms with E-state index in [1.807, 2.05) is 79.9 Å². The first-order valence-electron chi connectivity index (χ1n) is 21.7. The quantitative estimate of drug-likeness (QED) is 0.132. The molecule has 10 rings (SSSR count). The number of aryl methyl sites for hydroxylation is 1. The monoisotopic (exact) mass is 825 g/mol. The molecule has 4 aliphatic rings. The van der Waals surface area contributed by atoms with Crippen molar-refractivity contribution in [3.05, 3.63) is 95.2 Å². The lowest BCUT2D eigenvalue weighted by molar-refractivity contribution is -0.0366. The number of pyridine rings is 1. The number of carbonyl (C=O) groups excluding carboxylic acids is 1. The molecular formula is C48H52FN7O5. The molecule has 12 nitrogen and oxygen atoms in total. The van der Waals surface area contributed by atoms with E-state index in [0.717, 1.165) is 83.5 Å². The van der Waals surface area contributed by atoms with Gasteiger partial charge in [-0.1, -0.05) is 37.3 Å². The van der Waals surface area contributed by atoms with Gasteiger partial charge in [0.25, 0.3) is 0 Å². The van der Waals surface area contributed by atoms with E-state index in [2.05, 4.69) is 22.9 Å². The summed E-state index contributed by atoms with van der Waals surface area (Å²) in [5, 5.41) is 6.50. The maximum Gasteiger partial charge on any atom is 0.410 e. The van der Waals surface area contributed by atoms with Crippen LogP contribution < -0.4 is 14.4 Å². The number of aromatic nitrogens is 5. The minimum atomic E-state index is -0.599. The van der Waals surface area contributed by atoms with Crippen LogP contribution in [0, 0.1) is 12.7 Å². The fourth-order valence-corrected chi connectivity index (χ4v) is 9.42. The number of halogens is 1. The number of ether oxygens (including phenoxy) is 4. The first-order valence-corrected chi connectivity index (χ1v) is 21.7. The molecule has 6 aromatic rings. The summed E-state index contributed by atoms with van der Waals surface area (Å²) in [6, 6.07) is 15.9. The number of fused-ring (bicyclic) bond motifs is 4. The lowest BCUT2D eigenvalue weighted by Gasteiger charge is -2.36. The summed E-state index contributed by atoms with van der Waals surface area (Å²) in [6.45, 7) is 11.5. The normalized spacial score (nSPS) is 20.2. The lowest BCUT2D eigenvalue weighted by Crippen LogP contribution is -2.50. The number of benzene rings is 3. The highest BCUT2D eigenvalue weighted by Gasteiger charge is 2.48. The molecule has 1 unspecified atom stereocenters. The van der Waals surface area contributed by atoms with Crippen molar-refractivity contribution in [3.8, 4) is 28.6 Å². The number of carbonyl (C=O) groups is 1. The van der Waals surface area contributed by atoms with Crippen LogP contribution in [-0.4, -0.2) is 73.1 Å². The molecule has 0 radical (unpaired) electrons. The van der Waals surface area contributed by atoms with Gasteiger partial charge in [0, 0.05) is 53.9 Å². The predicted octanol–water partition coefficient (Wildman–Crippen LogP) is 10.2. The number of likely N-dealkylation sites (tertiary alicyclic amines) is 1. The number of anilines is 1.